The van der Waals surface area contributed by atoms with Gasteiger partial charge in [0.25, 0.3) is 11.5 Å². The lowest BCUT2D eigenvalue weighted by molar-refractivity contribution is -0.254. The summed E-state index contributed by atoms with van der Waals surface area (Å²) in [5, 5.41) is 12.3. The highest BCUT2D eigenvalue weighted by atomic mass is 35.5. The van der Waals surface area contributed by atoms with Crippen molar-refractivity contribution in [3.05, 3.63) is 65.2 Å². The molecule has 2 N–H and O–H groups in total. The third-order valence-electron chi connectivity index (χ3n) is 3.01. The molecule has 2 aromatic rings. The van der Waals surface area contributed by atoms with Gasteiger partial charge in [-0.15, -0.1) is 0 Å². The molecule has 1 unspecified atom stereocenters. The van der Waals surface area contributed by atoms with Crippen LogP contribution < -0.4 is 5.32 Å². The number of hydrogen-bond donors (Lipinski definition) is 2. The summed E-state index contributed by atoms with van der Waals surface area (Å²) in [4.78, 5) is 12.1. The fraction of sp³-hybridized carbons (Fsp3) is 0.133. The summed E-state index contributed by atoms with van der Waals surface area (Å²) in [6, 6.07) is 11.8. The lowest BCUT2D eigenvalue weighted by Gasteiger charge is -2.29. The Morgan fingerprint density at radius 1 is 1.05 bits per heavy atom. The SMILES string of the molecule is O=C(Nc1cccc(Cl)c1)C(O)(c1ccccc1)C(F)(F)F. The van der Waals surface area contributed by atoms with Crippen molar-refractivity contribution in [1.82, 2.24) is 0 Å². The van der Waals surface area contributed by atoms with E-state index in [2.05, 4.69) is 0 Å². The van der Waals surface area contributed by atoms with Gasteiger partial charge >= 0.3 is 6.18 Å². The van der Waals surface area contributed by atoms with Crippen LogP contribution in [0.15, 0.2) is 54.6 Å². The Hall–Kier alpha value is -2.05. The molecule has 22 heavy (non-hydrogen) atoms. The van der Waals surface area contributed by atoms with Gasteiger partial charge in [0.05, 0.1) is 0 Å². The zero-order chi connectivity index (χ0) is 16.4. The number of hydrogen-bond acceptors (Lipinski definition) is 2. The molecule has 0 radical (unpaired) electrons. The van der Waals surface area contributed by atoms with Crippen molar-refractivity contribution >= 4 is 23.2 Å². The summed E-state index contributed by atoms with van der Waals surface area (Å²) in [6.07, 6.45) is -5.18. The van der Waals surface area contributed by atoms with Crippen molar-refractivity contribution in [3.8, 4) is 0 Å². The van der Waals surface area contributed by atoms with Gasteiger partial charge in [0, 0.05) is 16.3 Å². The fourth-order valence-corrected chi connectivity index (χ4v) is 2.08. The van der Waals surface area contributed by atoms with Gasteiger partial charge in [0.2, 0.25) is 0 Å². The molecule has 1 amide bonds. The van der Waals surface area contributed by atoms with Crippen molar-refractivity contribution in [2.45, 2.75) is 11.8 Å². The highest BCUT2D eigenvalue weighted by molar-refractivity contribution is 6.30. The summed E-state index contributed by atoms with van der Waals surface area (Å²) in [5.74, 6) is -1.60. The molecule has 0 aromatic heterocycles. The Morgan fingerprint density at radius 3 is 2.23 bits per heavy atom. The third kappa shape index (κ3) is 3.08. The van der Waals surface area contributed by atoms with Gasteiger partial charge in [-0.3, -0.25) is 4.79 Å². The second-order valence-electron chi connectivity index (χ2n) is 4.54. The smallest absolute Gasteiger partial charge is 0.368 e. The molecule has 116 valence electrons. The van der Waals surface area contributed by atoms with Crippen molar-refractivity contribution in [2.24, 2.45) is 0 Å². The number of aliphatic hydroxyl groups is 1. The Morgan fingerprint density at radius 2 is 1.68 bits per heavy atom. The first-order valence-electron chi connectivity index (χ1n) is 6.17. The van der Waals surface area contributed by atoms with Crippen molar-refractivity contribution in [1.29, 1.82) is 0 Å². The molecule has 0 aliphatic heterocycles. The van der Waals surface area contributed by atoms with Crippen LogP contribution in [0.2, 0.25) is 5.02 Å². The minimum atomic E-state index is -5.18. The Bertz CT molecular complexity index is 676. The number of alkyl halides is 3. The van der Waals surface area contributed by atoms with E-state index in [1.165, 1.54) is 42.5 Å². The molecule has 0 spiro atoms. The van der Waals surface area contributed by atoms with Crippen molar-refractivity contribution in [2.75, 3.05) is 5.32 Å². The van der Waals surface area contributed by atoms with E-state index >= 15 is 0 Å². The first-order chi connectivity index (χ1) is 10.2. The monoisotopic (exact) mass is 329 g/mol. The van der Waals surface area contributed by atoms with E-state index in [-0.39, 0.29) is 10.7 Å². The van der Waals surface area contributed by atoms with E-state index in [1.54, 1.807) is 0 Å². The molecule has 2 aromatic carbocycles. The Kier molecular flexibility index (Phi) is 4.44. The number of nitrogens with one attached hydrogen (secondary N) is 1. The van der Waals surface area contributed by atoms with Gasteiger partial charge in [-0.05, 0) is 18.2 Å². The molecule has 0 saturated carbocycles. The average molecular weight is 330 g/mol. The molecule has 0 aliphatic rings. The number of halogens is 4. The van der Waals surface area contributed by atoms with Crippen LogP contribution in [-0.4, -0.2) is 17.2 Å². The van der Waals surface area contributed by atoms with Crippen LogP contribution in [0.5, 0.6) is 0 Å². The minimum Gasteiger partial charge on any atom is -0.368 e. The fourth-order valence-electron chi connectivity index (χ4n) is 1.89. The summed E-state index contributed by atoms with van der Waals surface area (Å²) in [7, 11) is 0. The number of amides is 1. The first kappa shape index (κ1) is 16.3. The summed E-state index contributed by atoms with van der Waals surface area (Å²) < 4.78 is 39.9. The highest BCUT2D eigenvalue weighted by Gasteiger charge is 2.60. The number of carbonyl (C=O) groups is 1. The predicted octanol–water partition coefficient (Wildman–Crippen LogP) is 3.73. The van der Waals surface area contributed by atoms with Gasteiger partial charge in [-0.2, -0.15) is 13.2 Å². The maximum Gasteiger partial charge on any atom is 0.430 e. The molecule has 3 nitrogen and oxygen atoms in total. The van der Waals surface area contributed by atoms with E-state index < -0.39 is 23.2 Å². The van der Waals surface area contributed by atoms with Crippen LogP contribution in [0.25, 0.3) is 0 Å². The summed E-state index contributed by atoms with van der Waals surface area (Å²) in [5.41, 5.74) is -4.17. The summed E-state index contributed by atoms with van der Waals surface area (Å²) in [6.45, 7) is 0. The number of rotatable bonds is 3. The second-order valence-corrected chi connectivity index (χ2v) is 4.98. The van der Waals surface area contributed by atoms with E-state index in [0.29, 0.717) is 0 Å². The molecule has 0 aliphatic carbocycles. The minimum absolute atomic E-state index is 0.0520. The highest BCUT2D eigenvalue weighted by Crippen LogP contribution is 2.39. The van der Waals surface area contributed by atoms with E-state index in [1.807, 2.05) is 5.32 Å². The predicted molar refractivity (Wildman–Crippen MR) is 76.5 cm³/mol. The average Bonchev–Trinajstić information content (AvgIpc) is 2.46. The van der Waals surface area contributed by atoms with E-state index in [4.69, 9.17) is 11.6 Å². The molecule has 0 fully saturated rings. The molecule has 0 saturated heterocycles. The number of anilines is 1. The molecular weight excluding hydrogens is 319 g/mol. The molecule has 0 bridgehead atoms. The van der Waals surface area contributed by atoms with Crippen LogP contribution in [0.4, 0.5) is 18.9 Å². The quantitative estimate of drug-likeness (QED) is 0.901. The van der Waals surface area contributed by atoms with Crippen LogP contribution >= 0.6 is 11.6 Å². The topological polar surface area (TPSA) is 49.3 Å². The number of carbonyl (C=O) groups excluding carboxylic acids is 1. The largest absolute Gasteiger partial charge is 0.430 e. The van der Waals surface area contributed by atoms with Crippen LogP contribution in [-0.2, 0) is 10.4 Å². The van der Waals surface area contributed by atoms with E-state index in [0.717, 1.165) is 12.1 Å². The van der Waals surface area contributed by atoms with Gasteiger partial charge < -0.3 is 10.4 Å². The van der Waals surface area contributed by atoms with Gasteiger partial charge in [0.15, 0.2) is 0 Å². The van der Waals surface area contributed by atoms with Crippen LogP contribution in [0.1, 0.15) is 5.56 Å². The maximum atomic E-state index is 13.3. The third-order valence-corrected chi connectivity index (χ3v) is 3.25. The number of benzene rings is 2. The lowest BCUT2D eigenvalue weighted by Crippen LogP contribution is -2.52. The van der Waals surface area contributed by atoms with Crippen LogP contribution in [0, 0.1) is 0 Å². The van der Waals surface area contributed by atoms with Gasteiger partial charge in [0.1, 0.15) is 0 Å². The van der Waals surface area contributed by atoms with Crippen molar-refractivity contribution < 1.29 is 23.1 Å². The molecule has 2 rings (SSSR count). The molecular formula is C15H11ClF3NO2. The second kappa shape index (κ2) is 5.98. The standard InChI is InChI=1S/C15H11ClF3NO2/c16-11-7-4-8-12(9-11)20-13(21)14(22,15(17,18)19)10-5-2-1-3-6-10/h1-9,22H,(H,20,21). The maximum absolute atomic E-state index is 13.3. The first-order valence-corrected chi connectivity index (χ1v) is 6.54. The normalized spacial score (nSPS) is 14.2. The van der Waals surface area contributed by atoms with Gasteiger partial charge in [-0.25, -0.2) is 0 Å². The molecule has 1 atom stereocenters. The van der Waals surface area contributed by atoms with Crippen LogP contribution in [0.3, 0.4) is 0 Å². The zero-order valence-electron chi connectivity index (χ0n) is 11.1. The molecule has 0 heterocycles. The summed E-state index contributed by atoms with van der Waals surface area (Å²) >= 11 is 5.71. The Labute approximate surface area is 129 Å². The van der Waals surface area contributed by atoms with Crippen molar-refractivity contribution in [3.63, 3.8) is 0 Å². The lowest BCUT2D eigenvalue weighted by atomic mass is 9.92. The zero-order valence-corrected chi connectivity index (χ0v) is 11.8. The van der Waals surface area contributed by atoms with E-state index in [9.17, 15) is 23.1 Å². The van der Waals surface area contributed by atoms with Gasteiger partial charge in [-0.1, -0.05) is 48.0 Å². The Balaban J connectivity index is 2.40. The molecule has 7 heteroatoms.